The number of ether oxygens (including phenoxy) is 3. The Kier molecular flexibility index (Phi) is 8.07. The fraction of sp³-hybridized carbons (Fsp3) is 0.348. The minimum atomic E-state index is -0.464. The van der Waals surface area contributed by atoms with Crippen molar-refractivity contribution >= 4 is 12.0 Å². The third kappa shape index (κ3) is 6.52. The zero-order valence-electron chi connectivity index (χ0n) is 17.5. The van der Waals surface area contributed by atoms with Crippen molar-refractivity contribution in [2.45, 2.75) is 26.8 Å². The topological polar surface area (TPSA) is 56.8 Å². The Balaban J connectivity index is 2.01. The fourth-order valence-corrected chi connectivity index (χ4v) is 2.63. The highest BCUT2D eigenvalue weighted by Gasteiger charge is 2.11. The monoisotopic (exact) mass is 401 g/mol. The number of methoxy groups -OCH3 is 2. The van der Waals surface area contributed by atoms with E-state index < -0.39 is 5.82 Å². The number of hydrogen-bond donors (Lipinski definition) is 1. The van der Waals surface area contributed by atoms with Crippen LogP contribution in [-0.4, -0.2) is 26.7 Å². The molecule has 0 aliphatic rings. The lowest BCUT2D eigenvalue weighted by molar-refractivity contribution is -0.117. The molecule has 0 bridgehead atoms. The summed E-state index contributed by atoms with van der Waals surface area (Å²) in [6.07, 6.45) is 3.12. The van der Waals surface area contributed by atoms with Crippen LogP contribution in [0.3, 0.4) is 0 Å². The molecule has 0 radical (unpaired) electrons. The molecule has 1 amide bonds. The quantitative estimate of drug-likeness (QED) is 0.615. The van der Waals surface area contributed by atoms with Crippen molar-refractivity contribution in [3.8, 4) is 17.2 Å². The number of benzene rings is 2. The first-order valence-corrected chi connectivity index (χ1v) is 9.47. The Morgan fingerprint density at radius 1 is 1.03 bits per heavy atom. The molecule has 0 aliphatic heterocycles. The standard InChI is InChI=1S/C23H28FNO4/c1-15(2)14-29-21-9-6-17(12-22(21)28-5)7-11-23(26)25-16(3)18-8-10-20(27-4)19(24)13-18/h6-13,15-16H,14H2,1-5H3,(H,25,26)/b11-7+. The summed E-state index contributed by atoms with van der Waals surface area (Å²) >= 11 is 0. The molecule has 2 aromatic rings. The summed E-state index contributed by atoms with van der Waals surface area (Å²) in [4.78, 5) is 12.2. The minimum absolute atomic E-state index is 0.168. The van der Waals surface area contributed by atoms with E-state index in [2.05, 4.69) is 19.2 Å². The molecule has 0 heterocycles. The van der Waals surface area contributed by atoms with Gasteiger partial charge in [-0.3, -0.25) is 4.79 Å². The van der Waals surface area contributed by atoms with Crippen molar-refractivity contribution in [3.05, 3.63) is 59.4 Å². The van der Waals surface area contributed by atoms with E-state index in [0.717, 1.165) is 5.56 Å². The first-order chi connectivity index (χ1) is 13.8. The number of rotatable bonds is 9. The van der Waals surface area contributed by atoms with Crippen molar-refractivity contribution < 1.29 is 23.4 Å². The molecule has 0 fully saturated rings. The number of amides is 1. The van der Waals surface area contributed by atoms with Crippen LogP contribution in [0, 0.1) is 11.7 Å². The van der Waals surface area contributed by atoms with E-state index in [1.54, 1.807) is 32.2 Å². The zero-order valence-corrected chi connectivity index (χ0v) is 17.5. The summed E-state index contributed by atoms with van der Waals surface area (Å²) in [5, 5.41) is 2.81. The van der Waals surface area contributed by atoms with Crippen LogP contribution in [0.2, 0.25) is 0 Å². The molecule has 0 spiro atoms. The molecule has 29 heavy (non-hydrogen) atoms. The van der Waals surface area contributed by atoms with Crippen LogP contribution in [0.25, 0.3) is 6.08 Å². The highest BCUT2D eigenvalue weighted by atomic mass is 19.1. The average Bonchev–Trinajstić information content (AvgIpc) is 2.70. The Hall–Kier alpha value is -3.02. The van der Waals surface area contributed by atoms with Gasteiger partial charge in [0, 0.05) is 6.08 Å². The van der Waals surface area contributed by atoms with Crippen molar-refractivity contribution in [2.75, 3.05) is 20.8 Å². The lowest BCUT2D eigenvalue weighted by Crippen LogP contribution is -2.24. The van der Waals surface area contributed by atoms with Crippen molar-refractivity contribution in [3.63, 3.8) is 0 Å². The van der Waals surface area contributed by atoms with Crippen LogP contribution in [-0.2, 0) is 4.79 Å². The number of carbonyl (C=O) groups is 1. The summed E-state index contributed by atoms with van der Waals surface area (Å²) in [7, 11) is 2.99. The van der Waals surface area contributed by atoms with Crippen LogP contribution < -0.4 is 19.5 Å². The maximum atomic E-state index is 13.8. The van der Waals surface area contributed by atoms with Crippen LogP contribution in [0.15, 0.2) is 42.5 Å². The summed E-state index contributed by atoms with van der Waals surface area (Å²) in [5.74, 6) is 1.10. The maximum absolute atomic E-state index is 13.8. The lowest BCUT2D eigenvalue weighted by Gasteiger charge is -2.14. The second-order valence-electron chi connectivity index (χ2n) is 7.07. The molecule has 156 valence electrons. The van der Waals surface area contributed by atoms with Gasteiger partial charge in [-0.2, -0.15) is 0 Å². The van der Waals surface area contributed by atoms with E-state index in [1.165, 1.54) is 19.3 Å². The van der Waals surface area contributed by atoms with Gasteiger partial charge in [0.05, 0.1) is 26.9 Å². The number of carbonyl (C=O) groups excluding carboxylic acids is 1. The number of halogens is 1. The molecule has 1 N–H and O–H groups in total. The van der Waals surface area contributed by atoms with Crippen LogP contribution in [0.4, 0.5) is 4.39 Å². The smallest absolute Gasteiger partial charge is 0.244 e. The van der Waals surface area contributed by atoms with E-state index in [0.29, 0.717) is 29.6 Å². The maximum Gasteiger partial charge on any atom is 0.244 e. The molecule has 1 unspecified atom stereocenters. The van der Waals surface area contributed by atoms with Crippen LogP contribution >= 0.6 is 0 Å². The first-order valence-electron chi connectivity index (χ1n) is 9.47. The predicted molar refractivity (Wildman–Crippen MR) is 112 cm³/mol. The van der Waals surface area contributed by atoms with E-state index in [4.69, 9.17) is 14.2 Å². The van der Waals surface area contributed by atoms with E-state index in [9.17, 15) is 9.18 Å². The first kappa shape index (κ1) is 22.3. The normalized spacial score (nSPS) is 12.1. The Morgan fingerprint density at radius 2 is 1.72 bits per heavy atom. The summed E-state index contributed by atoms with van der Waals surface area (Å²) in [6, 6.07) is 9.74. The van der Waals surface area contributed by atoms with Crippen molar-refractivity contribution in [1.29, 1.82) is 0 Å². The third-order valence-electron chi connectivity index (χ3n) is 4.22. The largest absolute Gasteiger partial charge is 0.494 e. The Labute approximate surface area is 171 Å². The molecule has 2 aromatic carbocycles. The van der Waals surface area contributed by atoms with E-state index >= 15 is 0 Å². The van der Waals surface area contributed by atoms with Gasteiger partial charge in [-0.05, 0) is 54.3 Å². The van der Waals surface area contributed by atoms with Gasteiger partial charge in [0.15, 0.2) is 23.1 Å². The van der Waals surface area contributed by atoms with E-state index in [-0.39, 0.29) is 17.7 Å². The fourth-order valence-electron chi connectivity index (χ4n) is 2.63. The van der Waals surface area contributed by atoms with Crippen molar-refractivity contribution in [2.24, 2.45) is 5.92 Å². The highest BCUT2D eigenvalue weighted by Crippen LogP contribution is 2.29. The van der Waals surface area contributed by atoms with Gasteiger partial charge >= 0.3 is 0 Å². The van der Waals surface area contributed by atoms with Gasteiger partial charge < -0.3 is 19.5 Å². The molecular formula is C23H28FNO4. The third-order valence-corrected chi connectivity index (χ3v) is 4.22. The van der Waals surface area contributed by atoms with E-state index in [1.807, 2.05) is 18.2 Å². The van der Waals surface area contributed by atoms with Gasteiger partial charge in [0.1, 0.15) is 0 Å². The molecular weight excluding hydrogens is 373 g/mol. The van der Waals surface area contributed by atoms with Crippen molar-refractivity contribution in [1.82, 2.24) is 5.32 Å². The number of hydrogen-bond acceptors (Lipinski definition) is 4. The summed E-state index contributed by atoms with van der Waals surface area (Å²) < 4.78 is 29.9. The zero-order chi connectivity index (χ0) is 21.4. The predicted octanol–water partition coefficient (Wildman–Crippen LogP) is 4.77. The molecule has 6 heteroatoms. The molecule has 2 rings (SSSR count). The summed E-state index contributed by atoms with van der Waals surface area (Å²) in [6.45, 7) is 6.53. The molecule has 5 nitrogen and oxygen atoms in total. The SMILES string of the molecule is COc1ccc(C(C)NC(=O)/C=C/c2ccc(OCC(C)C)c(OC)c2)cc1F. The summed E-state index contributed by atoms with van der Waals surface area (Å²) in [5.41, 5.74) is 1.45. The molecule has 0 saturated heterocycles. The lowest BCUT2D eigenvalue weighted by atomic mass is 10.1. The second-order valence-corrected chi connectivity index (χ2v) is 7.07. The number of nitrogens with one attached hydrogen (secondary N) is 1. The Morgan fingerprint density at radius 3 is 2.34 bits per heavy atom. The second kappa shape index (κ2) is 10.5. The highest BCUT2D eigenvalue weighted by molar-refractivity contribution is 5.92. The molecule has 1 atom stereocenters. The van der Waals surface area contributed by atoms with Gasteiger partial charge in [-0.1, -0.05) is 26.0 Å². The van der Waals surface area contributed by atoms with Crippen LogP contribution in [0.5, 0.6) is 17.2 Å². The van der Waals surface area contributed by atoms with Gasteiger partial charge in [-0.25, -0.2) is 4.39 Å². The van der Waals surface area contributed by atoms with Gasteiger partial charge in [0.2, 0.25) is 5.91 Å². The Bertz CT molecular complexity index is 864. The average molecular weight is 401 g/mol. The molecule has 0 saturated carbocycles. The van der Waals surface area contributed by atoms with Gasteiger partial charge in [0.25, 0.3) is 0 Å². The molecule has 0 aromatic heterocycles. The van der Waals surface area contributed by atoms with Crippen LogP contribution in [0.1, 0.15) is 37.9 Å². The molecule has 0 aliphatic carbocycles. The minimum Gasteiger partial charge on any atom is -0.494 e. The van der Waals surface area contributed by atoms with Gasteiger partial charge in [-0.15, -0.1) is 0 Å².